The Labute approximate surface area is 138 Å². The van der Waals surface area contributed by atoms with Crippen molar-refractivity contribution in [1.82, 2.24) is 9.97 Å². The van der Waals surface area contributed by atoms with E-state index in [1.165, 1.54) is 19.3 Å². The fourth-order valence-electron chi connectivity index (χ4n) is 3.56. The molecule has 6 nitrogen and oxygen atoms in total. The van der Waals surface area contributed by atoms with Crippen LogP contribution < -0.4 is 10.6 Å². The smallest absolute Gasteiger partial charge is 0.224 e. The Morgan fingerprint density at radius 2 is 1.87 bits per heavy atom. The Kier molecular flexibility index (Phi) is 5.29. The second-order valence-electron chi connectivity index (χ2n) is 6.71. The average molecular weight is 317 g/mol. The fourth-order valence-corrected chi connectivity index (χ4v) is 3.56. The van der Waals surface area contributed by atoms with Crippen molar-refractivity contribution in [3.63, 3.8) is 0 Å². The molecule has 0 amide bonds. The first-order chi connectivity index (χ1) is 11.2. The molecule has 1 aromatic heterocycles. The van der Waals surface area contributed by atoms with Gasteiger partial charge in [-0.15, -0.1) is 0 Å². The third-order valence-corrected chi connectivity index (χ3v) is 4.83. The summed E-state index contributed by atoms with van der Waals surface area (Å²) < 4.78 is 0. The molecule has 2 fully saturated rings. The summed E-state index contributed by atoms with van der Waals surface area (Å²) in [7, 11) is 0. The molecule has 3 N–H and O–H groups in total. The van der Waals surface area contributed by atoms with Crippen LogP contribution in [-0.4, -0.2) is 33.3 Å². The molecule has 0 radical (unpaired) electrons. The Morgan fingerprint density at radius 1 is 1.09 bits per heavy atom. The maximum absolute atomic E-state index is 9.80. The first kappa shape index (κ1) is 16.0. The molecular weight excluding hydrogens is 290 g/mol. The van der Waals surface area contributed by atoms with Crippen LogP contribution in [0.25, 0.3) is 0 Å². The maximum Gasteiger partial charge on any atom is 0.224 e. The van der Waals surface area contributed by atoms with Crippen molar-refractivity contribution in [2.75, 3.05) is 10.6 Å². The molecule has 0 aliphatic heterocycles. The van der Waals surface area contributed by atoms with Crippen LogP contribution in [0.15, 0.2) is 6.20 Å². The number of nitriles is 1. The third-order valence-electron chi connectivity index (χ3n) is 4.83. The van der Waals surface area contributed by atoms with Crippen LogP contribution in [-0.2, 0) is 0 Å². The van der Waals surface area contributed by atoms with Gasteiger partial charge in [0, 0.05) is 13.5 Å². The molecule has 1 aromatic rings. The minimum Gasteiger partial charge on any atom is -0.393 e. The van der Waals surface area contributed by atoms with Gasteiger partial charge in [-0.1, -0.05) is 19.3 Å². The summed E-state index contributed by atoms with van der Waals surface area (Å²) in [4.78, 5) is 8.80. The minimum absolute atomic E-state index is 0. The number of anilines is 2. The average Bonchev–Trinajstić information content (AvgIpc) is 2.56. The minimum atomic E-state index is -0.256. The summed E-state index contributed by atoms with van der Waals surface area (Å²) in [5.74, 6) is 1.18. The first-order valence-electron chi connectivity index (χ1n) is 8.73. The molecule has 0 spiro atoms. The summed E-state index contributed by atoms with van der Waals surface area (Å²) in [6.07, 6.45) is 11.0. The van der Waals surface area contributed by atoms with Crippen LogP contribution in [0.5, 0.6) is 0 Å². The number of nitrogens with zero attached hydrogens (tertiary/aromatic N) is 3. The zero-order valence-electron chi connectivity index (χ0n) is 13.5. The van der Waals surface area contributed by atoms with Crippen molar-refractivity contribution < 1.29 is 6.53 Å². The van der Waals surface area contributed by atoms with E-state index in [4.69, 9.17) is 0 Å². The van der Waals surface area contributed by atoms with Crippen molar-refractivity contribution in [2.24, 2.45) is 0 Å². The van der Waals surface area contributed by atoms with Crippen LogP contribution >= 0.6 is 0 Å². The van der Waals surface area contributed by atoms with Gasteiger partial charge in [0.05, 0.1) is 12.3 Å². The standard InChI is InChI=1S/C17H25N5O.H2/c18-10-12-11-19-17(21-13-5-2-1-3-6-13)22-16(12)20-14-7-4-8-15(23)9-14;/h11,13-15,23H,1-9H2,(H2,19,20,21,22);1H/t14-,15+;/m1./s1. The van der Waals surface area contributed by atoms with Gasteiger partial charge < -0.3 is 15.7 Å². The molecule has 2 aliphatic rings. The summed E-state index contributed by atoms with van der Waals surface area (Å²) in [6.45, 7) is 0. The van der Waals surface area contributed by atoms with Gasteiger partial charge in [-0.3, -0.25) is 0 Å². The van der Waals surface area contributed by atoms with Gasteiger partial charge >= 0.3 is 0 Å². The lowest BCUT2D eigenvalue weighted by Gasteiger charge is -2.27. The second kappa shape index (κ2) is 7.60. The number of aliphatic hydroxyl groups is 1. The third kappa shape index (κ3) is 4.32. The zero-order chi connectivity index (χ0) is 16.1. The molecule has 0 unspecified atom stereocenters. The predicted molar refractivity (Wildman–Crippen MR) is 91.2 cm³/mol. The lowest BCUT2D eigenvalue weighted by Crippen LogP contribution is -2.31. The summed E-state index contributed by atoms with van der Waals surface area (Å²) >= 11 is 0. The monoisotopic (exact) mass is 317 g/mol. The molecule has 23 heavy (non-hydrogen) atoms. The number of rotatable bonds is 4. The van der Waals surface area contributed by atoms with E-state index in [9.17, 15) is 10.4 Å². The molecule has 126 valence electrons. The van der Waals surface area contributed by atoms with Crippen molar-refractivity contribution in [2.45, 2.75) is 76.0 Å². The van der Waals surface area contributed by atoms with Crippen LogP contribution in [0, 0.1) is 11.3 Å². The van der Waals surface area contributed by atoms with Crippen LogP contribution in [0.4, 0.5) is 11.8 Å². The normalized spacial score (nSPS) is 25.6. The number of nitrogens with one attached hydrogen (secondary N) is 2. The first-order valence-corrected chi connectivity index (χ1v) is 8.73. The van der Waals surface area contributed by atoms with Gasteiger partial charge in [0.25, 0.3) is 0 Å². The highest BCUT2D eigenvalue weighted by Crippen LogP contribution is 2.24. The van der Waals surface area contributed by atoms with Gasteiger partial charge in [0.1, 0.15) is 17.5 Å². The number of hydrogen-bond donors (Lipinski definition) is 3. The Morgan fingerprint density at radius 3 is 2.61 bits per heavy atom. The zero-order valence-corrected chi connectivity index (χ0v) is 13.5. The number of hydrogen-bond acceptors (Lipinski definition) is 6. The van der Waals surface area contributed by atoms with Crippen molar-refractivity contribution in [1.29, 1.82) is 5.26 Å². The van der Waals surface area contributed by atoms with Gasteiger partial charge in [-0.2, -0.15) is 10.2 Å². The molecule has 6 heteroatoms. The molecule has 2 saturated carbocycles. The molecule has 2 aliphatic carbocycles. The fraction of sp³-hybridized carbons (Fsp3) is 0.706. The maximum atomic E-state index is 9.80. The van der Waals surface area contributed by atoms with E-state index < -0.39 is 0 Å². The highest BCUT2D eigenvalue weighted by atomic mass is 16.3. The SMILES string of the molecule is N#Cc1cnc(NC2CCCCC2)nc1N[C@@H]1CCC[C@H](O)C1.[HH]. The van der Waals surface area contributed by atoms with Crippen LogP contribution in [0.2, 0.25) is 0 Å². The summed E-state index contributed by atoms with van der Waals surface area (Å²) in [5.41, 5.74) is 0.458. The van der Waals surface area contributed by atoms with Crippen molar-refractivity contribution in [3.8, 4) is 6.07 Å². The van der Waals surface area contributed by atoms with Crippen molar-refractivity contribution in [3.05, 3.63) is 11.8 Å². The van der Waals surface area contributed by atoms with Crippen LogP contribution in [0.3, 0.4) is 0 Å². The largest absolute Gasteiger partial charge is 0.393 e. The van der Waals surface area contributed by atoms with Crippen molar-refractivity contribution >= 4 is 11.8 Å². The van der Waals surface area contributed by atoms with E-state index in [-0.39, 0.29) is 13.6 Å². The number of aromatic nitrogens is 2. The van der Waals surface area contributed by atoms with E-state index in [1.54, 1.807) is 6.20 Å². The van der Waals surface area contributed by atoms with Crippen LogP contribution in [0.1, 0.15) is 64.8 Å². The highest BCUT2D eigenvalue weighted by Gasteiger charge is 2.22. The Bertz CT molecular complexity index is 571. The predicted octanol–water partition coefficient (Wildman–Crippen LogP) is 3.05. The van der Waals surface area contributed by atoms with E-state index in [0.717, 1.165) is 32.1 Å². The molecule has 2 atom stereocenters. The molecule has 1 heterocycles. The van der Waals surface area contributed by atoms with E-state index in [2.05, 4.69) is 26.7 Å². The molecule has 0 bridgehead atoms. The summed E-state index contributed by atoms with van der Waals surface area (Å²) in [5, 5.41) is 25.8. The van der Waals surface area contributed by atoms with E-state index >= 15 is 0 Å². The number of aliphatic hydroxyl groups excluding tert-OH is 1. The second-order valence-corrected chi connectivity index (χ2v) is 6.71. The van der Waals surface area contributed by atoms with Gasteiger partial charge in [-0.25, -0.2) is 4.98 Å². The Hall–Kier alpha value is -1.87. The summed E-state index contributed by atoms with van der Waals surface area (Å²) in [6, 6.07) is 2.75. The molecule has 3 rings (SSSR count). The lowest BCUT2D eigenvalue weighted by molar-refractivity contribution is 0.124. The van der Waals surface area contributed by atoms with E-state index in [1.807, 2.05) is 0 Å². The highest BCUT2D eigenvalue weighted by molar-refractivity contribution is 5.54. The van der Waals surface area contributed by atoms with E-state index in [0.29, 0.717) is 29.8 Å². The molecule has 0 saturated heterocycles. The van der Waals surface area contributed by atoms with Gasteiger partial charge in [0.2, 0.25) is 5.95 Å². The Balaban J connectivity index is 0.00000208. The lowest BCUT2D eigenvalue weighted by atomic mass is 9.93. The topological polar surface area (TPSA) is 93.9 Å². The van der Waals surface area contributed by atoms with Gasteiger partial charge in [-0.05, 0) is 38.5 Å². The van der Waals surface area contributed by atoms with Gasteiger partial charge in [0.15, 0.2) is 0 Å². The molecular formula is C17H27N5O. The molecule has 0 aromatic carbocycles. The quantitative estimate of drug-likeness (QED) is 0.790.